The molecule has 0 unspecified atom stereocenters. The van der Waals surface area contributed by atoms with Crippen LogP contribution in [0.5, 0.6) is 11.5 Å². The van der Waals surface area contributed by atoms with Crippen LogP contribution in [0, 0.1) is 13.8 Å². The number of esters is 2. The molecule has 2 N–H and O–H groups in total. The molecule has 1 fully saturated rings. The Morgan fingerprint density at radius 2 is 1.67 bits per heavy atom. The Balaban J connectivity index is 0.948. The minimum Gasteiger partial charge on any atom is -0.486 e. The molecule has 61 heavy (non-hydrogen) atoms. The topological polar surface area (TPSA) is 107 Å². The van der Waals surface area contributed by atoms with Gasteiger partial charge in [-0.1, -0.05) is 85.4 Å². The number of hydrogen-bond acceptors (Lipinski definition) is 9. The quantitative estimate of drug-likeness (QED) is 0.103. The lowest BCUT2D eigenvalue weighted by molar-refractivity contribution is -0.165. The van der Waals surface area contributed by atoms with E-state index >= 15 is 0 Å². The number of anilines is 1. The maximum absolute atomic E-state index is 14.0. The Kier molecular flexibility index (Phi) is 13.0. The first-order valence-electron chi connectivity index (χ1n) is 21.5. The summed E-state index contributed by atoms with van der Waals surface area (Å²) in [6.07, 6.45) is 7.97. The van der Waals surface area contributed by atoms with Crippen molar-refractivity contribution in [2.24, 2.45) is 5.73 Å². The van der Waals surface area contributed by atoms with Crippen molar-refractivity contribution < 1.29 is 23.8 Å². The predicted molar refractivity (Wildman–Crippen MR) is 241 cm³/mol. The van der Waals surface area contributed by atoms with Crippen LogP contribution in [0.2, 0.25) is 10.0 Å². The predicted octanol–water partition coefficient (Wildman–Crippen LogP) is 10.5. The van der Waals surface area contributed by atoms with E-state index in [9.17, 15) is 9.59 Å². The molecule has 3 heterocycles. The van der Waals surface area contributed by atoms with Gasteiger partial charge in [-0.05, 0) is 133 Å². The molecule has 1 aromatic heterocycles. The molecule has 2 aliphatic heterocycles. The van der Waals surface area contributed by atoms with Gasteiger partial charge in [-0.25, -0.2) is 9.59 Å². The SMILES string of the molecule is CC[C@@H](Oc1ccc([C@H]2CCN(C)c3cc4c(cc3O2)CN(C2CCCC2)[C@H](C(=O)OC(=O)[C@@H](N)Cc2ccc(-c3ccnc(C)c3C)cc2)C4)cc1)c1ccc(Cl)c(Cl)c1. The number of nitrogens with zero attached hydrogens (tertiary/aromatic N) is 3. The lowest BCUT2D eigenvalue weighted by Crippen LogP contribution is -2.51. The summed E-state index contributed by atoms with van der Waals surface area (Å²) in [5, 5.41) is 1.03. The highest BCUT2D eigenvalue weighted by Gasteiger charge is 2.40. The van der Waals surface area contributed by atoms with Crippen LogP contribution in [0.25, 0.3) is 11.1 Å². The zero-order valence-electron chi connectivity index (χ0n) is 35.3. The lowest BCUT2D eigenvalue weighted by atomic mass is 9.91. The Morgan fingerprint density at radius 1 is 0.918 bits per heavy atom. The summed E-state index contributed by atoms with van der Waals surface area (Å²) in [6, 6.07) is 26.8. The molecule has 9 nitrogen and oxygen atoms in total. The van der Waals surface area contributed by atoms with E-state index in [-0.39, 0.29) is 24.7 Å². The van der Waals surface area contributed by atoms with Crippen molar-refractivity contribution in [1.82, 2.24) is 9.88 Å². The maximum Gasteiger partial charge on any atom is 0.331 e. The molecule has 1 aliphatic carbocycles. The Hall–Kier alpha value is -4.93. The van der Waals surface area contributed by atoms with Gasteiger partial charge in [0.15, 0.2) is 0 Å². The van der Waals surface area contributed by atoms with Crippen LogP contribution in [0.3, 0.4) is 0 Å². The number of aryl methyl sites for hydroxylation is 1. The van der Waals surface area contributed by atoms with Crippen molar-refractivity contribution in [2.75, 3.05) is 18.5 Å². The number of nitrogens with two attached hydrogens (primary N) is 1. The van der Waals surface area contributed by atoms with Crippen molar-refractivity contribution in [3.63, 3.8) is 0 Å². The van der Waals surface area contributed by atoms with Crippen LogP contribution in [0.15, 0.2) is 91.1 Å². The molecule has 4 atom stereocenters. The summed E-state index contributed by atoms with van der Waals surface area (Å²) in [5.41, 5.74) is 16.8. The van der Waals surface area contributed by atoms with Gasteiger partial charge >= 0.3 is 11.9 Å². The molecule has 0 radical (unpaired) electrons. The van der Waals surface area contributed by atoms with E-state index in [1.165, 1.54) is 0 Å². The molecule has 0 amide bonds. The highest BCUT2D eigenvalue weighted by atomic mass is 35.5. The normalized spacial score (nSPS) is 19.0. The van der Waals surface area contributed by atoms with Crippen molar-refractivity contribution >= 4 is 40.8 Å². The molecular formula is C50H54Cl2N4O5. The van der Waals surface area contributed by atoms with E-state index in [1.54, 1.807) is 6.07 Å². The number of ether oxygens (including phenoxy) is 3. The highest BCUT2D eigenvalue weighted by molar-refractivity contribution is 6.42. The molecule has 4 aromatic carbocycles. The third kappa shape index (κ3) is 9.46. The number of rotatable bonds is 11. The zero-order chi connectivity index (χ0) is 42.8. The van der Waals surface area contributed by atoms with Gasteiger partial charge in [-0.2, -0.15) is 0 Å². The molecule has 5 aromatic rings. The molecule has 8 rings (SSSR count). The van der Waals surface area contributed by atoms with E-state index in [0.717, 1.165) is 112 Å². The molecular weight excluding hydrogens is 807 g/mol. The first kappa shape index (κ1) is 42.7. The summed E-state index contributed by atoms with van der Waals surface area (Å²) < 4.78 is 18.9. The van der Waals surface area contributed by atoms with Crippen molar-refractivity contribution in [1.29, 1.82) is 0 Å². The Labute approximate surface area is 369 Å². The van der Waals surface area contributed by atoms with Crippen LogP contribution in [0.4, 0.5) is 5.69 Å². The number of hydrogen-bond donors (Lipinski definition) is 1. The number of carbonyl (C=O) groups excluding carboxylic acids is 2. The van der Waals surface area contributed by atoms with E-state index < -0.39 is 24.0 Å². The molecule has 0 saturated heterocycles. The standard InChI is InChI=1S/C50H54Cl2N4O5/c1-5-46(35-16-19-41(51)42(52)25-35)59-39-17-14-34(15-18-39)47-21-23-55(4)44-26-36-27-45(56(38-8-6-7-9-38)29-37(36)28-48(44)60-47)50(58)61-49(57)43(53)24-32-10-12-33(13-11-32)40-20-22-54-31(3)30(40)2/h10-20,22,25-26,28,38,43,45-47H,5-9,21,23-24,27,29,53H2,1-4H3/t43-,45-,46+,47+/m0/s1. The second-order valence-electron chi connectivity index (χ2n) is 16.8. The second-order valence-corrected chi connectivity index (χ2v) is 17.6. The molecule has 318 valence electrons. The molecule has 3 aliphatic rings. The van der Waals surface area contributed by atoms with Crippen molar-refractivity contribution in [3.05, 3.63) is 140 Å². The summed E-state index contributed by atoms with van der Waals surface area (Å²) in [5.74, 6) is 0.348. The van der Waals surface area contributed by atoms with E-state index in [4.69, 9.17) is 43.1 Å². The van der Waals surface area contributed by atoms with Crippen molar-refractivity contribution in [3.8, 4) is 22.6 Å². The minimum absolute atomic E-state index is 0.159. The number of benzene rings is 4. The van der Waals surface area contributed by atoms with Crippen LogP contribution in [0.1, 0.15) is 96.7 Å². The summed E-state index contributed by atoms with van der Waals surface area (Å²) in [6.45, 7) is 7.49. The van der Waals surface area contributed by atoms with Crippen LogP contribution in [-0.4, -0.2) is 53.5 Å². The fraction of sp³-hybridized carbons (Fsp3) is 0.380. The highest BCUT2D eigenvalue weighted by Crippen LogP contribution is 2.42. The lowest BCUT2D eigenvalue weighted by Gasteiger charge is -2.39. The molecule has 0 bridgehead atoms. The van der Waals surface area contributed by atoms with Gasteiger partial charge < -0.3 is 24.8 Å². The Bertz CT molecular complexity index is 2380. The number of halogens is 2. The van der Waals surface area contributed by atoms with Gasteiger partial charge in [0, 0.05) is 44.5 Å². The molecule has 1 saturated carbocycles. The molecule has 0 spiro atoms. The third-order valence-electron chi connectivity index (χ3n) is 12.8. The van der Waals surface area contributed by atoms with Gasteiger partial charge in [0.05, 0.1) is 15.7 Å². The third-order valence-corrected chi connectivity index (χ3v) is 13.6. The fourth-order valence-corrected chi connectivity index (χ4v) is 9.42. The zero-order valence-corrected chi connectivity index (χ0v) is 36.8. The fourth-order valence-electron chi connectivity index (χ4n) is 9.11. The van der Waals surface area contributed by atoms with Gasteiger partial charge in [0.25, 0.3) is 0 Å². The largest absolute Gasteiger partial charge is 0.486 e. The number of pyridine rings is 1. The first-order chi connectivity index (χ1) is 29.4. The van der Waals surface area contributed by atoms with Crippen LogP contribution < -0.4 is 20.1 Å². The summed E-state index contributed by atoms with van der Waals surface area (Å²) in [4.78, 5) is 36.3. The molecule has 11 heteroatoms. The smallest absolute Gasteiger partial charge is 0.331 e. The van der Waals surface area contributed by atoms with Crippen LogP contribution >= 0.6 is 23.2 Å². The van der Waals surface area contributed by atoms with Gasteiger partial charge in [0.2, 0.25) is 0 Å². The number of carbonyl (C=O) groups is 2. The van der Waals surface area contributed by atoms with Crippen molar-refractivity contribution in [2.45, 2.75) is 109 Å². The first-order valence-corrected chi connectivity index (χ1v) is 22.2. The van der Waals surface area contributed by atoms with Gasteiger partial charge in [-0.3, -0.25) is 9.88 Å². The summed E-state index contributed by atoms with van der Waals surface area (Å²) in [7, 11) is 2.08. The number of fused-ring (bicyclic) bond motifs is 2. The number of aromatic nitrogens is 1. The maximum atomic E-state index is 14.0. The average molecular weight is 862 g/mol. The van der Waals surface area contributed by atoms with Gasteiger partial charge in [0.1, 0.15) is 35.8 Å². The summed E-state index contributed by atoms with van der Waals surface area (Å²) >= 11 is 12.5. The van der Waals surface area contributed by atoms with Gasteiger partial charge in [-0.15, -0.1) is 0 Å². The van der Waals surface area contributed by atoms with E-state index in [2.05, 4.69) is 59.9 Å². The average Bonchev–Trinajstić information content (AvgIpc) is 3.76. The van der Waals surface area contributed by atoms with Crippen LogP contribution in [-0.2, 0) is 33.7 Å². The Morgan fingerprint density at radius 3 is 2.39 bits per heavy atom. The minimum atomic E-state index is -0.976. The monoisotopic (exact) mass is 860 g/mol. The van der Waals surface area contributed by atoms with E-state index in [1.807, 2.05) is 67.7 Å². The second kappa shape index (κ2) is 18.6. The van der Waals surface area contributed by atoms with E-state index in [0.29, 0.717) is 23.0 Å².